The molecule has 1 aromatic heterocycles. The van der Waals surface area contributed by atoms with Crippen molar-refractivity contribution in [3.63, 3.8) is 0 Å². The van der Waals surface area contributed by atoms with E-state index in [1.54, 1.807) is 17.4 Å². The number of benzene rings is 2. The predicted molar refractivity (Wildman–Crippen MR) is 100 cm³/mol. The molecule has 3 nitrogen and oxygen atoms in total. The molecule has 0 bridgehead atoms. The molecular weight excluding hydrogens is 345 g/mol. The van der Waals surface area contributed by atoms with Crippen molar-refractivity contribution in [1.82, 2.24) is 4.98 Å². The first-order chi connectivity index (χ1) is 11.6. The summed E-state index contributed by atoms with van der Waals surface area (Å²) < 4.78 is 14.7. The maximum absolute atomic E-state index is 13.8. The van der Waals surface area contributed by atoms with Crippen molar-refractivity contribution >= 4 is 44.0 Å². The molecule has 0 saturated carbocycles. The molecule has 0 radical (unpaired) electrons. The summed E-state index contributed by atoms with van der Waals surface area (Å²) in [5.41, 5.74) is 2.90. The third kappa shape index (κ3) is 2.82. The van der Waals surface area contributed by atoms with E-state index in [1.807, 2.05) is 18.2 Å². The van der Waals surface area contributed by atoms with Crippen LogP contribution < -0.4 is 9.80 Å². The minimum absolute atomic E-state index is 0.247. The Morgan fingerprint density at radius 3 is 2.58 bits per heavy atom. The number of hydrogen-bond donors (Lipinski definition) is 0. The lowest BCUT2D eigenvalue weighted by Gasteiger charge is -2.36. The van der Waals surface area contributed by atoms with Gasteiger partial charge in [-0.05, 0) is 36.8 Å². The number of thiazole rings is 1. The van der Waals surface area contributed by atoms with Gasteiger partial charge in [-0.3, -0.25) is 0 Å². The zero-order valence-electron chi connectivity index (χ0n) is 13.3. The minimum Gasteiger partial charge on any atom is -0.368 e. The van der Waals surface area contributed by atoms with Gasteiger partial charge in [0.15, 0.2) is 5.13 Å². The van der Waals surface area contributed by atoms with Gasteiger partial charge in [0, 0.05) is 36.9 Å². The first-order valence-corrected chi connectivity index (χ1v) is 9.12. The zero-order chi connectivity index (χ0) is 16.7. The molecule has 24 heavy (non-hydrogen) atoms. The van der Waals surface area contributed by atoms with Gasteiger partial charge in [-0.2, -0.15) is 0 Å². The summed E-state index contributed by atoms with van der Waals surface area (Å²) in [6, 6.07) is 11.1. The van der Waals surface area contributed by atoms with Crippen molar-refractivity contribution in [3.8, 4) is 0 Å². The van der Waals surface area contributed by atoms with E-state index in [2.05, 4.69) is 27.8 Å². The monoisotopic (exact) mass is 361 g/mol. The lowest BCUT2D eigenvalue weighted by molar-refractivity contribution is 0.635. The number of para-hydroxylation sites is 1. The normalized spacial score (nSPS) is 15.3. The van der Waals surface area contributed by atoms with Gasteiger partial charge in [-0.1, -0.05) is 35.1 Å². The lowest BCUT2D eigenvalue weighted by atomic mass is 10.1. The van der Waals surface area contributed by atoms with E-state index in [9.17, 15) is 4.39 Å². The molecule has 0 amide bonds. The molecule has 6 heteroatoms. The fourth-order valence-electron chi connectivity index (χ4n) is 3.10. The van der Waals surface area contributed by atoms with Gasteiger partial charge >= 0.3 is 0 Å². The number of nitrogens with zero attached hydrogens (tertiary/aromatic N) is 3. The lowest BCUT2D eigenvalue weighted by Crippen LogP contribution is -2.46. The van der Waals surface area contributed by atoms with Gasteiger partial charge in [-0.25, -0.2) is 9.37 Å². The summed E-state index contributed by atoms with van der Waals surface area (Å²) in [7, 11) is 0. The van der Waals surface area contributed by atoms with Gasteiger partial charge in [0.1, 0.15) is 11.3 Å². The number of rotatable bonds is 2. The van der Waals surface area contributed by atoms with Crippen LogP contribution in [0.3, 0.4) is 0 Å². The Hall–Kier alpha value is -1.85. The summed E-state index contributed by atoms with van der Waals surface area (Å²) >= 11 is 7.70. The molecule has 1 fully saturated rings. The first-order valence-electron chi connectivity index (χ1n) is 7.93. The minimum atomic E-state index is -0.247. The number of anilines is 2. The van der Waals surface area contributed by atoms with E-state index in [0.717, 1.165) is 41.0 Å². The van der Waals surface area contributed by atoms with Crippen molar-refractivity contribution in [2.45, 2.75) is 6.92 Å². The Bertz CT molecular complexity index is 887. The molecule has 0 aliphatic carbocycles. The average molecular weight is 362 g/mol. The van der Waals surface area contributed by atoms with Gasteiger partial charge in [0.05, 0.1) is 4.70 Å². The zero-order valence-corrected chi connectivity index (χ0v) is 14.9. The van der Waals surface area contributed by atoms with E-state index in [4.69, 9.17) is 11.6 Å². The molecule has 124 valence electrons. The summed E-state index contributed by atoms with van der Waals surface area (Å²) in [4.78, 5) is 9.08. The van der Waals surface area contributed by atoms with E-state index in [0.29, 0.717) is 5.52 Å². The maximum atomic E-state index is 13.8. The standard InChI is InChI=1S/C18H17ClFN3S/c1-12-5-6-13(19)11-15(12)22-7-9-23(10-8-22)18-21-17-14(20)3-2-4-16(17)24-18/h2-6,11H,7-10H2,1H3. The highest BCUT2D eigenvalue weighted by molar-refractivity contribution is 7.22. The van der Waals surface area contributed by atoms with Crippen LogP contribution in [-0.4, -0.2) is 31.2 Å². The molecule has 0 atom stereocenters. The number of piperazine rings is 1. The van der Waals surface area contributed by atoms with Gasteiger partial charge in [-0.15, -0.1) is 0 Å². The van der Waals surface area contributed by atoms with Crippen molar-refractivity contribution < 1.29 is 4.39 Å². The molecule has 1 aliphatic heterocycles. The van der Waals surface area contributed by atoms with E-state index >= 15 is 0 Å². The fraction of sp³-hybridized carbons (Fsp3) is 0.278. The Kier molecular flexibility index (Phi) is 4.06. The van der Waals surface area contributed by atoms with E-state index < -0.39 is 0 Å². The predicted octanol–water partition coefficient (Wildman–Crippen LogP) is 4.72. The molecule has 2 aromatic carbocycles. The summed E-state index contributed by atoms with van der Waals surface area (Å²) in [6.07, 6.45) is 0. The maximum Gasteiger partial charge on any atom is 0.186 e. The Balaban J connectivity index is 1.53. The van der Waals surface area contributed by atoms with Gasteiger partial charge in [0.25, 0.3) is 0 Å². The molecule has 3 aromatic rings. The SMILES string of the molecule is Cc1ccc(Cl)cc1N1CCN(c2nc3c(F)cccc3s2)CC1. The number of fused-ring (bicyclic) bond motifs is 1. The number of aryl methyl sites for hydroxylation is 1. The van der Waals surface area contributed by atoms with Gasteiger partial charge in [0.2, 0.25) is 0 Å². The quantitative estimate of drug-likeness (QED) is 0.658. The average Bonchev–Trinajstić information content (AvgIpc) is 3.03. The van der Waals surface area contributed by atoms with Crippen LogP contribution in [0.15, 0.2) is 36.4 Å². The van der Waals surface area contributed by atoms with Crippen LogP contribution in [-0.2, 0) is 0 Å². The second-order valence-corrected chi connectivity index (χ2v) is 7.43. The summed E-state index contributed by atoms with van der Waals surface area (Å²) in [5.74, 6) is -0.247. The Labute approximate surface area is 149 Å². The third-order valence-corrected chi connectivity index (χ3v) is 5.74. The largest absolute Gasteiger partial charge is 0.368 e. The van der Waals surface area contributed by atoms with Crippen molar-refractivity contribution in [1.29, 1.82) is 0 Å². The van der Waals surface area contributed by atoms with Crippen LogP contribution in [0, 0.1) is 12.7 Å². The third-order valence-electron chi connectivity index (χ3n) is 4.42. The molecule has 1 saturated heterocycles. The van der Waals surface area contributed by atoms with Crippen LogP contribution in [0.5, 0.6) is 0 Å². The number of hydrogen-bond acceptors (Lipinski definition) is 4. The number of halogens is 2. The highest BCUT2D eigenvalue weighted by Crippen LogP contribution is 2.32. The van der Waals surface area contributed by atoms with Crippen LogP contribution in [0.25, 0.3) is 10.2 Å². The fourth-order valence-corrected chi connectivity index (χ4v) is 4.30. The van der Waals surface area contributed by atoms with Crippen molar-refractivity contribution in [2.24, 2.45) is 0 Å². The van der Waals surface area contributed by atoms with Gasteiger partial charge < -0.3 is 9.80 Å². The molecule has 1 aliphatic rings. The summed E-state index contributed by atoms with van der Waals surface area (Å²) in [5, 5.41) is 1.66. The molecule has 2 heterocycles. The Morgan fingerprint density at radius 1 is 1.08 bits per heavy atom. The second kappa shape index (κ2) is 6.22. The molecule has 0 N–H and O–H groups in total. The van der Waals surface area contributed by atoms with Crippen LogP contribution in [0.2, 0.25) is 5.02 Å². The number of aromatic nitrogens is 1. The van der Waals surface area contributed by atoms with E-state index in [1.165, 1.54) is 17.3 Å². The highest BCUT2D eigenvalue weighted by Gasteiger charge is 2.21. The van der Waals surface area contributed by atoms with Crippen LogP contribution >= 0.6 is 22.9 Å². The van der Waals surface area contributed by atoms with E-state index in [-0.39, 0.29) is 5.82 Å². The second-order valence-electron chi connectivity index (χ2n) is 5.99. The van der Waals surface area contributed by atoms with Crippen molar-refractivity contribution in [2.75, 3.05) is 36.0 Å². The molecular formula is C18H17ClFN3S. The molecule has 4 rings (SSSR count). The molecule has 0 spiro atoms. The molecule has 0 unspecified atom stereocenters. The smallest absolute Gasteiger partial charge is 0.186 e. The first kappa shape index (κ1) is 15.7. The van der Waals surface area contributed by atoms with Crippen LogP contribution in [0.4, 0.5) is 15.2 Å². The van der Waals surface area contributed by atoms with Crippen LogP contribution in [0.1, 0.15) is 5.56 Å². The summed E-state index contributed by atoms with van der Waals surface area (Å²) in [6.45, 7) is 5.65. The Morgan fingerprint density at radius 2 is 1.83 bits per heavy atom. The van der Waals surface area contributed by atoms with Crippen molar-refractivity contribution in [3.05, 3.63) is 52.8 Å². The topological polar surface area (TPSA) is 19.4 Å². The highest BCUT2D eigenvalue weighted by atomic mass is 35.5.